The van der Waals surface area contributed by atoms with Gasteiger partial charge in [0.05, 0.1) is 23.5 Å². The topological polar surface area (TPSA) is 89.0 Å². The summed E-state index contributed by atoms with van der Waals surface area (Å²) < 4.78 is 6.99. The van der Waals surface area contributed by atoms with E-state index in [2.05, 4.69) is 15.4 Å². The number of ether oxygens (including phenoxy) is 1. The molecule has 2 aromatic heterocycles. The van der Waals surface area contributed by atoms with Gasteiger partial charge >= 0.3 is 5.97 Å². The van der Waals surface area contributed by atoms with E-state index in [9.17, 15) is 9.59 Å². The van der Waals surface area contributed by atoms with Gasteiger partial charge in [0, 0.05) is 24.1 Å². The van der Waals surface area contributed by atoms with E-state index in [1.807, 2.05) is 45.2 Å². The van der Waals surface area contributed by atoms with Crippen LogP contribution < -0.4 is 5.32 Å². The number of amides is 1. The first-order chi connectivity index (χ1) is 12.4. The van der Waals surface area contributed by atoms with Crippen molar-refractivity contribution in [3.05, 3.63) is 47.4 Å². The van der Waals surface area contributed by atoms with Crippen LogP contribution in [0.25, 0.3) is 10.9 Å². The molecule has 1 aromatic carbocycles. The number of anilines is 1. The number of H-pyrrole nitrogens is 1. The molecule has 0 aliphatic carbocycles. The molecule has 3 aromatic rings. The number of hydrogen-bond donors (Lipinski definition) is 2. The fourth-order valence-electron chi connectivity index (χ4n) is 2.91. The molecule has 7 heteroatoms. The zero-order valence-corrected chi connectivity index (χ0v) is 15.3. The Bertz CT molecular complexity index is 970. The summed E-state index contributed by atoms with van der Waals surface area (Å²) in [6, 6.07) is 7.73. The summed E-state index contributed by atoms with van der Waals surface area (Å²) in [6.45, 7) is 5.24. The molecule has 2 heterocycles. The summed E-state index contributed by atoms with van der Waals surface area (Å²) in [5, 5.41) is 8.02. The predicted molar refractivity (Wildman–Crippen MR) is 98.9 cm³/mol. The lowest BCUT2D eigenvalue weighted by Gasteiger charge is -2.13. The number of rotatable bonds is 5. The molecule has 0 aliphatic rings. The van der Waals surface area contributed by atoms with Crippen LogP contribution in [-0.2, 0) is 27.8 Å². The number of nitrogens with one attached hydrogen (secondary N) is 2. The van der Waals surface area contributed by atoms with Crippen LogP contribution in [0.3, 0.4) is 0 Å². The van der Waals surface area contributed by atoms with Crippen molar-refractivity contribution in [2.75, 3.05) is 5.32 Å². The van der Waals surface area contributed by atoms with Crippen LogP contribution in [0.15, 0.2) is 30.5 Å². The zero-order valence-electron chi connectivity index (χ0n) is 15.3. The molecule has 26 heavy (non-hydrogen) atoms. The molecule has 136 valence electrons. The quantitative estimate of drug-likeness (QED) is 0.689. The highest BCUT2D eigenvalue weighted by Gasteiger charge is 2.21. The van der Waals surface area contributed by atoms with Crippen LogP contribution in [0.1, 0.15) is 23.9 Å². The van der Waals surface area contributed by atoms with Crippen LogP contribution >= 0.6 is 0 Å². The lowest BCUT2D eigenvalue weighted by Crippen LogP contribution is -2.30. The third-order valence-corrected chi connectivity index (χ3v) is 4.44. The van der Waals surface area contributed by atoms with Gasteiger partial charge in [-0.05, 0) is 32.4 Å². The van der Waals surface area contributed by atoms with Crippen LogP contribution in [-0.4, -0.2) is 32.7 Å². The third-order valence-electron chi connectivity index (χ3n) is 4.44. The first-order valence-electron chi connectivity index (χ1n) is 8.42. The highest BCUT2D eigenvalue weighted by atomic mass is 16.5. The van der Waals surface area contributed by atoms with Gasteiger partial charge in [0.2, 0.25) is 0 Å². The monoisotopic (exact) mass is 354 g/mol. The van der Waals surface area contributed by atoms with Gasteiger partial charge in [0.1, 0.15) is 0 Å². The van der Waals surface area contributed by atoms with E-state index in [0.717, 1.165) is 27.9 Å². The van der Waals surface area contributed by atoms with Crippen LogP contribution in [0.5, 0.6) is 0 Å². The molecule has 1 amide bonds. The number of para-hydroxylation sites is 1. The maximum atomic E-state index is 12.3. The Morgan fingerprint density at radius 3 is 2.73 bits per heavy atom. The SMILES string of the molecule is Cc1nn(C)c(C)c1NC(=O)[C@@H](C)OC(=O)Cc1c[nH]c2ccccc12. The molecule has 0 aliphatic heterocycles. The summed E-state index contributed by atoms with van der Waals surface area (Å²) >= 11 is 0. The summed E-state index contributed by atoms with van der Waals surface area (Å²) in [5.74, 6) is -0.825. The average molecular weight is 354 g/mol. The van der Waals surface area contributed by atoms with Crippen LogP contribution in [0, 0.1) is 13.8 Å². The number of fused-ring (bicyclic) bond motifs is 1. The fraction of sp³-hybridized carbons (Fsp3) is 0.316. The second-order valence-corrected chi connectivity index (χ2v) is 6.33. The third kappa shape index (κ3) is 3.46. The molecule has 7 nitrogen and oxygen atoms in total. The number of aryl methyl sites for hydroxylation is 2. The number of nitrogens with zero attached hydrogens (tertiary/aromatic N) is 2. The van der Waals surface area contributed by atoms with Gasteiger partial charge in [-0.3, -0.25) is 14.3 Å². The minimum Gasteiger partial charge on any atom is -0.452 e. The minimum absolute atomic E-state index is 0.104. The molecule has 0 saturated heterocycles. The van der Waals surface area contributed by atoms with E-state index in [-0.39, 0.29) is 12.3 Å². The number of carbonyl (C=O) groups is 2. The Kier molecular flexibility index (Phi) is 4.79. The lowest BCUT2D eigenvalue weighted by atomic mass is 10.1. The number of esters is 1. The number of benzene rings is 1. The van der Waals surface area contributed by atoms with Crippen molar-refractivity contribution >= 4 is 28.5 Å². The maximum Gasteiger partial charge on any atom is 0.311 e. The Balaban J connectivity index is 1.62. The maximum absolute atomic E-state index is 12.3. The van der Waals surface area contributed by atoms with Crippen molar-refractivity contribution in [1.82, 2.24) is 14.8 Å². The van der Waals surface area contributed by atoms with Crippen molar-refractivity contribution < 1.29 is 14.3 Å². The molecule has 0 unspecified atom stereocenters. The predicted octanol–water partition coefficient (Wildman–Crippen LogP) is 2.63. The van der Waals surface area contributed by atoms with Crippen molar-refractivity contribution in [3.63, 3.8) is 0 Å². The van der Waals surface area contributed by atoms with Crippen molar-refractivity contribution in [2.24, 2.45) is 7.05 Å². The van der Waals surface area contributed by atoms with Gasteiger partial charge in [-0.1, -0.05) is 18.2 Å². The smallest absolute Gasteiger partial charge is 0.311 e. The normalized spacial score (nSPS) is 12.2. The second kappa shape index (κ2) is 7.03. The summed E-state index contributed by atoms with van der Waals surface area (Å²) in [6.07, 6.45) is 0.998. The summed E-state index contributed by atoms with van der Waals surface area (Å²) in [7, 11) is 1.81. The molecule has 3 rings (SSSR count). The first kappa shape index (κ1) is 17.7. The number of aromatic amines is 1. The summed E-state index contributed by atoms with van der Waals surface area (Å²) in [5.41, 5.74) is 4.02. The molecule has 0 saturated carbocycles. The van der Waals surface area contributed by atoms with Crippen molar-refractivity contribution in [1.29, 1.82) is 0 Å². The zero-order chi connectivity index (χ0) is 18.8. The Morgan fingerprint density at radius 2 is 2.04 bits per heavy atom. The minimum atomic E-state index is -0.897. The summed E-state index contributed by atoms with van der Waals surface area (Å²) in [4.78, 5) is 27.7. The van der Waals surface area contributed by atoms with Gasteiger partial charge in [0.25, 0.3) is 5.91 Å². The lowest BCUT2D eigenvalue weighted by molar-refractivity contribution is -0.152. The standard InChI is InChI=1S/C19H22N4O3/c1-11-18(12(2)23(4)22-11)21-19(25)13(3)26-17(24)9-14-10-20-16-8-6-5-7-15(14)16/h5-8,10,13,20H,9H2,1-4H3,(H,21,25)/t13-/m1/s1. The van der Waals surface area contributed by atoms with E-state index in [1.54, 1.807) is 17.8 Å². The van der Waals surface area contributed by atoms with Gasteiger partial charge in [-0.25, -0.2) is 0 Å². The number of carbonyl (C=O) groups excluding carboxylic acids is 2. The van der Waals surface area contributed by atoms with Gasteiger partial charge in [-0.15, -0.1) is 0 Å². The van der Waals surface area contributed by atoms with Crippen LogP contribution in [0.4, 0.5) is 5.69 Å². The van der Waals surface area contributed by atoms with Crippen molar-refractivity contribution in [3.8, 4) is 0 Å². The molecular formula is C19H22N4O3. The van der Waals surface area contributed by atoms with Crippen molar-refractivity contribution in [2.45, 2.75) is 33.3 Å². The second-order valence-electron chi connectivity index (χ2n) is 6.33. The first-order valence-corrected chi connectivity index (χ1v) is 8.42. The fourth-order valence-corrected chi connectivity index (χ4v) is 2.91. The van der Waals surface area contributed by atoms with Gasteiger partial charge in [0.15, 0.2) is 6.10 Å². The van der Waals surface area contributed by atoms with Crippen LogP contribution in [0.2, 0.25) is 0 Å². The number of aromatic nitrogens is 3. The highest BCUT2D eigenvalue weighted by Crippen LogP contribution is 2.20. The average Bonchev–Trinajstić information content (AvgIpc) is 3.11. The molecule has 0 spiro atoms. The molecular weight excluding hydrogens is 332 g/mol. The molecule has 0 fully saturated rings. The Morgan fingerprint density at radius 1 is 1.31 bits per heavy atom. The van der Waals surface area contributed by atoms with E-state index >= 15 is 0 Å². The van der Waals surface area contributed by atoms with Gasteiger partial charge in [-0.2, -0.15) is 5.10 Å². The van der Waals surface area contributed by atoms with E-state index < -0.39 is 12.1 Å². The van der Waals surface area contributed by atoms with E-state index in [0.29, 0.717) is 5.69 Å². The van der Waals surface area contributed by atoms with E-state index in [4.69, 9.17) is 4.74 Å². The molecule has 0 bridgehead atoms. The molecule has 1 atom stereocenters. The number of hydrogen-bond acceptors (Lipinski definition) is 4. The van der Waals surface area contributed by atoms with E-state index in [1.165, 1.54) is 0 Å². The molecule has 0 radical (unpaired) electrons. The Labute approximate surface area is 151 Å². The Hall–Kier alpha value is -3.09. The largest absolute Gasteiger partial charge is 0.452 e. The highest BCUT2D eigenvalue weighted by molar-refractivity contribution is 5.96. The molecule has 2 N–H and O–H groups in total. The van der Waals surface area contributed by atoms with Gasteiger partial charge < -0.3 is 15.0 Å².